The van der Waals surface area contributed by atoms with E-state index in [0.717, 1.165) is 12.2 Å². The highest BCUT2D eigenvalue weighted by Crippen LogP contribution is 2.13. The third-order valence-electron chi connectivity index (χ3n) is 2.96. The highest BCUT2D eigenvalue weighted by molar-refractivity contribution is 5.37. The van der Waals surface area contributed by atoms with Crippen molar-refractivity contribution in [2.45, 2.75) is 32.4 Å². The third-order valence-corrected chi connectivity index (χ3v) is 2.96. The van der Waals surface area contributed by atoms with Crippen molar-refractivity contribution >= 4 is 6.47 Å². The van der Waals surface area contributed by atoms with Crippen LogP contribution in [0.15, 0.2) is 24.3 Å². The molecule has 1 aromatic carbocycles. The van der Waals surface area contributed by atoms with Gasteiger partial charge in [0.15, 0.2) is 0 Å². The summed E-state index contributed by atoms with van der Waals surface area (Å²) < 4.78 is 15.7. The average molecular weight is 295 g/mol. The van der Waals surface area contributed by atoms with E-state index in [0.29, 0.717) is 32.3 Å². The van der Waals surface area contributed by atoms with Crippen molar-refractivity contribution in [3.8, 4) is 5.75 Å². The van der Waals surface area contributed by atoms with Gasteiger partial charge in [-0.1, -0.05) is 26.0 Å². The Morgan fingerprint density at radius 1 is 1.24 bits per heavy atom. The third kappa shape index (κ3) is 7.68. The van der Waals surface area contributed by atoms with Crippen molar-refractivity contribution in [2.75, 3.05) is 26.9 Å². The van der Waals surface area contributed by atoms with Crippen molar-refractivity contribution in [1.29, 1.82) is 0 Å². The first-order valence-corrected chi connectivity index (χ1v) is 7.19. The Labute approximate surface area is 126 Å². The van der Waals surface area contributed by atoms with E-state index in [-0.39, 0.29) is 6.10 Å². The number of hydrogen-bond donors (Lipinski definition) is 1. The van der Waals surface area contributed by atoms with Crippen LogP contribution in [0.1, 0.15) is 19.4 Å². The zero-order valence-electron chi connectivity index (χ0n) is 13.0. The van der Waals surface area contributed by atoms with Crippen LogP contribution in [0.3, 0.4) is 0 Å². The van der Waals surface area contributed by atoms with Gasteiger partial charge in [-0.25, -0.2) is 0 Å². The van der Waals surface area contributed by atoms with Gasteiger partial charge in [0.25, 0.3) is 6.47 Å². The molecule has 5 nitrogen and oxygen atoms in total. The summed E-state index contributed by atoms with van der Waals surface area (Å²) in [6, 6.07) is 8.19. The van der Waals surface area contributed by atoms with Gasteiger partial charge in [-0.3, -0.25) is 4.79 Å². The lowest BCUT2D eigenvalue weighted by Crippen LogP contribution is -2.36. The van der Waals surface area contributed by atoms with Gasteiger partial charge < -0.3 is 19.5 Å². The lowest BCUT2D eigenvalue weighted by molar-refractivity contribution is -0.134. The van der Waals surface area contributed by atoms with Crippen molar-refractivity contribution < 1.29 is 19.0 Å². The molecule has 1 unspecified atom stereocenters. The Balaban J connectivity index is 2.41. The second-order valence-corrected chi connectivity index (χ2v) is 5.12. The number of methoxy groups -OCH3 is 1. The monoisotopic (exact) mass is 295 g/mol. The first-order chi connectivity index (χ1) is 10.2. The zero-order chi connectivity index (χ0) is 15.5. The van der Waals surface area contributed by atoms with E-state index in [1.54, 1.807) is 7.11 Å². The van der Waals surface area contributed by atoms with E-state index in [4.69, 9.17) is 14.2 Å². The zero-order valence-corrected chi connectivity index (χ0v) is 13.0. The summed E-state index contributed by atoms with van der Waals surface area (Å²) in [7, 11) is 1.69. The first kappa shape index (κ1) is 17.5. The molecule has 0 aliphatic rings. The van der Waals surface area contributed by atoms with Gasteiger partial charge in [0.1, 0.15) is 18.5 Å². The first-order valence-electron chi connectivity index (χ1n) is 7.19. The smallest absolute Gasteiger partial charge is 0.293 e. The summed E-state index contributed by atoms with van der Waals surface area (Å²) >= 11 is 0. The van der Waals surface area contributed by atoms with E-state index in [1.165, 1.54) is 5.56 Å². The van der Waals surface area contributed by atoms with E-state index in [9.17, 15) is 4.79 Å². The molecular formula is C16H25NO4. The van der Waals surface area contributed by atoms with Gasteiger partial charge in [0, 0.05) is 19.7 Å². The molecule has 21 heavy (non-hydrogen) atoms. The van der Waals surface area contributed by atoms with E-state index >= 15 is 0 Å². The van der Waals surface area contributed by atoms with Crippen LogP contribution < -0.4 is 10.1 Å². The number of nitrogens with one attached hydrogen (secondary N) is 1. The fourth-order valence-corrected chi connectivity index (χ4v) is 1.75. The Morgan fingerprint density at radius 2 is 1.95 bits per heavy atom. The van der Waals surface area contributed by atoms with Crippen molar-refractivity contribution in [3.05, 3.63) is 29.8 Å². The van der Waals surface area contributed by atoms with Gasteiger partial charge in [0.05, 0.1) is 6.61 Å². The maximum absolute atomic E-state index is 10.5. The minimum absolute atomic E-state index is 0.293. The number of ether oxygens (including phenoxy) is 3. The predicted molar refractivity (Wildman–Crippen MR) is 81.6 cm³/mol. The molecule has 0 bridgehead atoms. The Bertz CT molecular complexity index is 392. The lowest BCUT2D eigenvalue weighted by Gasteiger charge is -2.18. The predicted octanol–water partition coefficient (Wildman–Crippen LogP) is 1.79. The average Bonchev–Trinajstić information content (AvgIpc) is 2.49. The summed E-state index contributed by atoms with van der Waals surface area (Å²) in [5.74, 6) is 0.764. The Morgan fingerprint density at radius 3 is 2.52 bits per heavy atom. The van der Waals surface area contributed by atoms with Gasteiger partial charge >= 0.3 is 0 Å². The summed E-state index contributed by atoms with van der Waals surface area (Å²) in [5.41, 5.74) is 1.20. The number of hydrogen-bond acceptors (Lipinski definition) is 5. The van der Waals surface area contributed by atoms with Crippen LogP contribution in [0.2, 0.25) is 0 Å². The van der Waals surface area contributed by atoms with Crippen LogP contribution in [0.5, 0.6) is 5.75 Å². The molecule has 0 aliphatic heterocycles. The summed E-state index contributed by atoms with van der Waals surface area (Å²) in [5, 5.41) is 3.22. The molecule has 0 aromatic heterocycles. The minimum Gasteiger partial charge on any atom is -0.490 e. The van der Waals surface area contributed by atoms with Crippen LogP contribution >= 0.6 is 0 Å². The molecule has 5 heteroatoms. The van der Waals surface area contributed by atoms with E-state index in [1.807, 2.05) is 38.1 Å². The van der Waals surface area contributed by atoms with Crippen molar-refractivity contribution in [3.63, 3.8) is 0 Å². The van der Waals surface area contributed by atoms with E-state index in [2.05, 4.69) is 5.32 Å². The molecule has 0 saturated heterocycles. The summed E-state index contributed by atoms with van der Waals surface area (Å²) in [6.07, 6.45) is 0.587. The molecule has 0 fully saturated rings. The molecule has 1 aromatic rings. The largest absolute Gasteiger partial charge is 0.490 e. The molecule has 0 spiro atoms. The molecular weight excluding hydrogens is 270 g/mol. The maximum atomic E-state index is 10.5. The van der Waals surface area contributed by atoms with Crippen LogP contribution in [0.4, 0.5) is 0 Å². The molecule has 0 radical (unpaired) electrons. The second kappa shape index (κ2) is 10.2. The topological polar surface area (TPSA) is 56.8 Å². The van der Waals surface area contributed by atoms with Crippen LogP contribution in [-0.4, -0.2) is 45.5 Å². The molecule has 118 valence electrons. The van der Waals surface area contributed by atoms with Gasteiger partial charge in [-0.2, -0.15) is 0 Å². The molecule has 1 atom stereocenters. The fourth-order valence-electron chi connectivity index (χ4n) is 1.75. The highest BCUT2D eigenvalue weighted by Gasteiger charge is 2.11. The van der Waals surface area contributed by atoms with Gasteiger partial charge in [-0.15, -0.1) is 0 Å². The molecule has 1 rings (SSSR count). The Kier molecular flexibility index (Phi) is 8.47. The molecule has 1 N–H and O–H groups in total. The lowest BCUT2D eigenvalue weighted by atomic mass is 10.1. The van der Waals surface area contributed by atoms with Crippen LogP contribution in [0.25, 0.3) is 0 Å². The SMILES string of the molecule is COCCc1ccc(OCC(CNC(C)C)OC=O)cc1. The second-order valence-electron chi connectivity index (χ2n) is 5.12. The fraction of sp³-hybridized carbons (Fsp3) is 0.562. The van der Waals surface area contributed by atoms with Gasteiger partial charge in [-0.05, 0) is 24.1 Å². The summed E-state index contributed by atoms with van der Waals surface area (Å²) in [6.45, 7) is 6.15. The molecule has 0 heterocycles. The summed E-state index contributed by atoms with van der Waals surface area (Å²) in [4.78, 5) is 10.5. The minimum atomic E-state index is -0.293. The van der Waals surface area contributed by atoms with Crippen LogP contribution in [-0.2, 0) is 20.7 Å². The standard InChI is InChI=1S/C16H25NO4/c1-13(2)17-10-16(21-12-18)11-20-15-6-4-14(5-7-15)8-9-19-3/h4-7,12-13,16-17H,8-11H2,1-3H3. The number of carbonyl (C=O) groups is 1. The highest BCUT2D eigenvalue weighted by atomic mass is 16.6. The van der Waals surface area contributed by atoms with Gasteiger partial charge in [0.2, 0.25) is 0 Å². The number of benzene rings is 1. The molecule has 0 amide bonds. The molecule has 0 saturated carbocycles. The van der Waals surface area contributed by atoms with Crippen molar-refractivity contribution in [2.24, 2.45) is 0 Å². The van der Waals surface area contributed by atoms with Crippen molar-refractivity contribution in [1.82, 2.24) is 5.32 Å². The Hall–Kier alpha value is -1.59. The normalized spacial score (nSPS) is 12.2. The molecule has 0 aliphatic carbocycles. The van der Waals surface area contributed by atoms with E-state index < -0.39 is 0 Å². The maximum Gasteiger partial charge on any atom is 0.293 e. The van der Waals surface area contributed by atoms with Crippen LogP contribution in [0, 0.1) is 0 Å². The quantitative estimate of drug-likeness (QED) is 0.631. The number of rotatable bonds is 11. The number of carbonyl (C=O) groups excluding carboxylic acids is 1.